The number of hydrogen-bond donors (Lipinski definition) is 0. The van der Waals surface area contributed by atoms with Crippen LogP contribution in [0, 0.1) is 6.92 Å². The third kappa shape index (κ3) is 4.97. The second-order valence-corrected chi connectivity index (χ2v) is 9.64. The van der Waals surface area contributed by atoms with Crippen LogP contribution >= 0.6 is 15.9 Å². The Bertz CT molecular complexity index is 988. The largest absolute Gasteiger partial charge is 0.498 e. The second kappa shape index (κ2) is 9.45. The van der Waals surface area contributed by atoms with Crippen LogP contribution in [0.4, 0.5) is 0 Å². The summed E-state index contributed by atoms with van der Waals surface area (Å²) in [5.41, 5.74) is 2.23. The Balaban J connectivity index is 1.85. The van der Waals surface area contributed by atoms with E-state index >= 15 is 0 Å². The first-order valence-electron chi connectivity index (χ1n) is 10.5. The molecule has 0 atom stereocenters. The third-order valence-corrected chi connectivity index (χ3v) is 7.24. The number of ether oxygens (including phenoxy) is 3. The lowest BCUT2D eigenvalue weighted by Crippen LogP contribution is -2.41. The summed E-state index contributed by atoms with van der Waals surface area (Å²) in [5.74, 6) is 0.984. The van der Waals surface area contributed by atoms with E-state index in [0.29, 0.717) is 29.8 Å². The highest BCUT2D eigenvalue weighted by Crippen LogP contribution is 2.37. The lowest BCUT2D eigenvalue weighted by molar-refractivity contribution is 0.00578. The molecule has 0 bridgehead atoms. The van der Waals surface area contributed by atoms with Gasteiger partial charge < -0.3 is 23.5 Å². The van der Waals surface area contributed by atoms with Gasteiger partial charge in [0.15, 0.2) is 0 Å². The van der Waals surface area contributed by atoms with Crippen LogP contribution in [0.5, 0.6) is 11.5 Å². The standard InChI is InChI=1S/C24H30BBrO6/c1-15-12-18(28-6)13-16(21(15)26)10-11-30-20-9-8-17(22(27)29-7)14-19(20)25-31-23(2,3)24(4,5)32-25/h8-9,12-14H,10-11H2,1-7H3. The Labute approximate surface area is 198 Å². The van der Waals surface area contributed by atoms with Crippen molar-refractivity contribution in [2.45, 2.75) is 52.2 Å². The van der Waals surface area contributed by atoms with Crippen molar-refractivity contribution in [3.63, 3.8) is 0 Å². The fraction of sp³-hybridized carbons (Fsp3) is 0.458. The first-order chi connectivity index (χ1) is 15.0. The number of rotatable bonds is 7. The molecule has 2 aromatic rings. The molecule has 1 heterocycles. The van der Waals surface area contributed by atoms with E-state index in [1.165, 1.54) is 7.11 Å². The Hall–Kier alpha value is -2.03. The molecule has 32 heavy (non-hydrogen) atoms. The van der Waals surface area contributed by atoms with Crippen LogP contribution in [-0.2, 0) is 20.5 Å². The van der Waals surface area contributed by atoms with Gasteiger partial charge in [0.1, 0.15) is 11.5 Å². The van der Waals surface area contributed by atoms with Crippen molar-refractivity contribution in [1.29, 1.82) is 0 Å². The number of esters is 1. The first kappa shape index (κ1) is 24.6. The van der Waals surface area contributed by atoms with Gasteiger partial charge in [0.25, 0.3) is 0 Å². The Morgan fingerprint density at radius 1 is 1.06 bits per heavy atom. The molecule has 3 rings (SSSR count). The van der Waals surface area contributed by atoms with Crippen molar-refractivity contribution >= 4 is 34.5 Å². The number of aryl methyl sites for hydroxylation is 1. The minimum absolute atomic E-state index is 0.413. The summed E-state index contributed by atoms with van der Waals surface area (Å²) in [6, 6.07) is 9.14. The molecule has 1 saturated heterocycles. The maximum Gasteiger partial charge on any atom is 0.498 e. The van der Waals surface area contributed by atoms with Gasteiger partial charge >= 0.3 is 13.1 Å². The maximum atomic E-state index is 12.1. The third-order valence-electron chi connectivity index (χ3n) is 6.11. The average Bonchev–Trinajstić information content (AvgIpc) is 2.97. The molecule has 0 amide bonds. The number of methoxy groups -OCH3 is 2. The predicted octanol–water partition coefficient (Wildman–Crippen LogP) is 4.47. The van der Waals surface area contributed by atoms with Gasteiger partial charge in [-0.05, 0) is 76.1 Å². The van der Waals surface area contributed by atoms with Crippen molar-refractivity contribution in [3.05, 3.63) is 51.5 Å². The van der Waals surface area contributed by atoms with Crippen LogP contribution in [0.3, 0.4) is 0 Å². The summed E-state index contributed by atoms with van der Waals surface area (Å²) in [7, 11) is 2.35. The molecule has 1 fully saturated rings. The fourth-order valence-corrected chi connectivity index (χ4v) is 3.88. The van der Waals surface area contributed by atoms with Crippen LogP contribution in [-0.4, -0.2) is 45.1 Å². The van der Waals surface area contributed by atoms with Crippen molar-refractivity contribution in [3.8, 4) is 11.5 Å². The average molecular weight is 505 g/mol. The van der Waals surface area contributed by atoms with Gasteiger partial charge in [-0.3, -0.25) is 0 Å². The Morgan fingerprint density at radius 3 is 2.31 bits per heavy atom. The van der Waals surface area contributed by atoms with E-state index in [1.54, 1.807) is 25.3 Å². The number of benzene rings is 2. The summed E-state index contributed by atoms with van der Waals surface area (Å²) in [6.07, 6.45) is 0.667. The summed E-state index contributed by atoms with van der Waals surface area (Å²) >= 11 is 3.65. The predicted molar refractivity (Wildman–Crippen MR) is 128 cm³/mol. The molecule has 0 aromatic heterocycles. The molecule has 0 aliphatic carbocycles. The lowest BCUT2D eigenvalue weighted by Gasteiger charge is -2.32. The molecule has 6 nitrogen and oxygen atoms in total. The lowest BCUT2D eigenvalue weighted by atomic mass is 9.77. The topological polar surface area (TPSA) is 63.2 Å². The quantitative estimate of drug-likeness (QED) is 0.409. The SMILES string of the molecule is COC(=O)c1ccc(OCCc2cc(OC)cc(C)c2Br)c(B2OC(C)(C)C(C)(C)O2)c1. The zero-order valence-corrected chi connectivity index (χ0v) is 21.3. The Kier molecular flexibility index (Phi) is 7.27. The van der Waals surface area contributed by atoms with E-state index in [1.807, 2.05) is 46.8 Å². The molecule has 1 aliphatic heterocycles. The number of carbonyl (C=O) groups excluding carboxylic acids is 1. The van der Waals surface area contributed by atoms with Gasteiger partial charge in [0.2, 0.25) is 0 Å². The van der Waals surface area contributed by atoms with Gasteiger partial charge in [-0.2, -0.15) is 0 Å². The van der Waals surface area contributed by atoms with Crippen LogP contribution in [0.25, 0.3) is 0 Å². The van der Waals surface area contributed by atoms with Crippen molar-refractivity contribution in [2.24, 2.45) is 0 Å². The first-order valence-corrected chi connectivity index (χ1v) is 11.3. The molecule has 0 saturated carbocycles. The smallest absolute Gasteiger partial charge is 0.497 e. The number of halogens is 1. The van der Waals surface area contributed by atoms with Gasteiger partial charge in [-0.15, -0.1) is 0 Å². The van der Waals surface area contributed by atoms with Gasteiger partial charge in [-0.25, -0.2) is 4.79 Å². The van der Waals surface area contributed by atoms with Crippen LogP contribution < -0.4 is 14.9 Å². The van der Waals surface area contributed by atoms with Crippen molar-refractivity contribution in [1.82, 2.24) is 0 Å². The second-order valence-electron chi connectivity index (χ2n) is 8.85. The minimum atomic E-state index is -0.662. The number of carbonyl (C=O) groups is 1. The molecular weight excluding hydrogens is 475 g/mol. The number of hydrogen-bond acceptors (Lipinski definition) is 6. The van der Waals surface area contributed by atoms with Gasteiger partial charge in [0.05, 0.1) is 37.6 Å². The fourth-order valence-electron chi connectivity index (χ4n) is 3.46. The molecule has 0 radical (unpaired) electrons. The van der Waals surface area contributed by atoms with Crippen LogP contribution in [0.1, 0.15) is 49.2 Å². The van der Waals surface area contributed by atoms with Gasteiger partial charge in [-0.1, -0.05) is 15.9 Å². The summed E-state index contributed by atoms with van der Waals surface area (Å²) in [5, 5.41) is 0. The Morgan fingerprint density at radius 2 is 1.72 bits per heavy atom. The zero-order chi connectivity index (χ0) is 23.7. The van der Waals surface area contributed by atoms with Crippen LogP contribution in [0.15, 0.2) is 34.8 Å². The van der Waals surface area contributed by atoms with Crippen molar-refractivity contribution < 1.29 is 28.3 Å². The van der Waals surface area contributed by atoms with E-state index in [-0.39, 0.29) is 0 Å². The highest BCUT2D eigenvalue weighted by Gasteiger charge is 2.52. The zero-order valence-electron chi connectivity index (χ0n) is 19.7. The normalized spacial score (nSPS) is 16.7. The highest BCUT2D eigenvalue weighted by atomic mass is 79.9. The van der Waals surface area contributed by atoms with E-state index in [4.69, 9.17) is 23.5 Å². The molecule has 0 spiro atoms. The molecule has 2 aromatic carbocycles. The molecule has 8 heteroatoms. The monoisotopic (exact) mass is 504 g/mol. The molecule has 1 aliphatic rings. The molecular formula is C24H30BBrO6. The summed E-state index contributed by atoms with van der Waals surface area (Å²) < 4.78 is 29.9. The van der Waals surface area contributed by atoms with Crippen LogP contribution in [0.2, 0.25) is 0 Å². The van der Waals surface area contributed by atoms with Crippen molar-refractivity contribution in [2.75, 3.05) is 20.8 Å². The van der Waals surface area contributed by atoms with E-state index < -0.39 is 24.3 Å². The summed E-state index contributed by atoms with van der Waals surface area (Å²) in [4.78, 5) is 12.1. The summed E-state index contributed by atoms with van der Waals surface area (Å²) in [6.45, 7) is 10.4. The van der Waals surface area contributed by atoms with E-state index in [0.717, 1.165) is 21.3 Å². The molecule has 172 valence electrons. The van der Waals surface area contributed by atoms with E-state index in [9.17, 15) is 4.79 Å². The maximum absolute atomic E-state index is 12.1. The minimum Gasteiger partial charge on any atom is -0.497 e. The van der Waals surface area contributed by atoms with Gasteiger partial charge in [0, 0.05) is 16.4 Å². The molecule has 0 unspecified atom stereocenters. The highest BCUT2D eigenvalue weighted by molar-refractivity contribution is 9.10. The van der Waals surface area contributed by atoms with E-state index in [2.05, 4.69) is 15.9 Å². The molecule has 0 N–H and O–H groups in total.